The Hall–Kier alpha value is -3.26. The number of likely N-dealkylation sites (N-methyl/N-ethyl adjacent to an activating group) is 1. The lowest BCUT2D eigenvalue weighted by Crippen LogP contribution is -2.56. The van der Waals surface area contributed by atoms with Crippen LogP contribution in [0.2, 0.25) is 0 Å². The number of para-hydroxylation sites is 1. The number of hydrogen-bond donors (Lipinski definition) is 0. The van der Waals surface area contributed by atoms with Crippen LogP contribution in [0.4, 0.5) is 13.2 Å². The first kappa shape index (κ1) is 22.5. The second kappa shape index (κ2) is 8.51. The van der Waals surface area contributed by atoms with Gasteiger partial charge in [0.1, 0.15) is 17.2 Å². The van der Waals surface area contributed by atoms with E-state index in [1.807, 2.05) is 37.4 Å². The molecule has 0 atom stereocenters. The molecule has 3 aromatic rings. The molecule has 8 heteroatoms. The highest BCUT2D eigenvalue weighted by atomic mass is 19.4. The van der Waals surface area contributed by atoms with E-state index >= 15 is 0 Å². The molecule has 0 bridgehead atoms. The van der Waals surface area contributed by atoms with Crippen LogP contribution in [0, 0.1) is 0 Å². The number of piperidine rings is 1. The third-order valence-corrected chi connectivity index (χ3v) is 7.10. The number of fused-ring (bicyclic) bond motifs is 2. The van der Waals surface area contributed by atoms with Crippen molar-refractivity contribution in [1.29, 1.82) is 0 Å². The number of carbonyl (C=O) groups is 1. The van der Waals surface area contributed by atoms with Crippen LogP contribution < -0.4 is 4.74 Å². The summed E-state index contributed by atoms with van der Waals surface area (Å²) in [7, 11) is 1.96. The minimum Gasteiger partial charge on any atom is -0.457 e. The maximum atomic E-state index is 13.5. The van der Waals surface area contributed by atoms with Gasteiger partial charge in [-0.05, 0) is 68.4 Å². The van der Waals surface area contributed by atoms with Crippen LogP contribution in [0.25, 0.3) is 0 Å². The Kier molecular flexibility index (Phi) is 5.64. The fraction of sp³-hybridized carbons (Fsp3) is 0.346. The maximum Gasteiger partial charge on any atom is 0.431 e. The minimum absolute atomic E-state index is 0.0778. The number of aromatic nitrogens is 1. The summed E-state index contributed by atoms with van der Waals surface area (Å²) in [6.07, 6.45) is -3.19. The molecule has 0 N–H and O–H groups in total. The van der Waals surface area contributed by atoms with E-state index in [0.29, 0.717) is 56.0 Å². The summed E-state index contributed by atoms with van der Waals surface area (Å²) in [5.41, 5.74) is 0.178. The summed E-state index contributed by atoms with van der Waals surface area (Å²) in [4.78, 5) is 17.1. The van der Waals surface area contributed by atoms with Gasteiger partial charge in [0.05, 0.1) is 5.54 Å². The van der Waals surface area contributed by atoms with Crippen LogP contribution in [0.3, 0.4) is 0 Å². The van der Waals surface area contributed by atoms with Crippen molar-refractivity contribution in [3.63, 3.8) is 0 Å². The smallest absolute Gasteiger partial charge is 0.431 e. The molecule has 3 heterocycles. The molecular formula is C26H26F3N3O2. The normalized spacial score (nSPS) is 18.1. The molecule has 178 valence electrons. The van der Waals surface area contributed by atoms with Gasteiger partial charge in [-0.15, -0.1) is 0 Å². The van der Waals surface area contributed by atoms with E-state index in [0.717, 1.165) is 5.75 Å². The standard InChI is InChI=1S/C26H26F3N3O2/c1-30-17-18-32-22(11-12-23(32)26(27,28)29)25(30)13-15-31(16-14-25)24(33)19-7-9-21(10-8-19)34-20-5-3-2-4-6-20/h2-12H,13-18H2,1H3. The Morgan fingerprint density at radius 3 is 2.15 bits per heavy atom. The molecule has 0 aliphatic carbocycles. The Morgan fingerprint density at radius 2 is 1.50 bits per heavy atom. The molecule has 2 aliphatic heterocycles. The number of alkyl halides is 3. The molecule has 2 aliphatic rings. The number of amides is 1. The molecule has 1 fully saturated rings. The van der Waals surface area contributed by atoms with Crippen LogP contribution in [0.5, 0.6) is 11.5 Å². The van der Waals surface area contributed by atoms with Gasteiger partial charge in [-0.2, -0.15) is 13.2 Å². The monoisotopic (exact) mass is 469 g/mol. The second-order valence-electron chi connectivity index (χ2n) is 8.94. The maximum absolute atomic E-state index is 13.5. The van der Waals surface area contributed by atoms with E-state index in [4.69, 9.17) is 4.74 Å². The quantitative estimate of drug-likeness (QED) is 0.517. The van der Waals surface area contributed by atoms with E-state index in [9.17, 15) is 18.0 Å². The molecule has 0 unspecified atom stereocenters. The molecule has 0 saturated carbocycles. The lowest BCUT2D eigenvalue weighted by molar-refractivity contribution is -0.144. The SMILES string of the molecule is CN1CCn2c(C(F)(F)F)ccc2C12CCN(C(=O)c1ccc(Oc3ccccc3)cc1)CC2. The molecular weight excluding hydrogens is 443 g/mol. The Balaban J connectivity index is 1.29. The molecule has 5 rings (SSSR count). The Bertz CT molecular complexity index is 1160. The fourth-order valence-electron chi connectivity index (χ4n) is 5.21. The van der Waals surface area contributed by atoms with Crippen molar-refractivity contribution in [2.45, 2.75) is 31.1 Å². The summed E-state index contributed by atoms with van der Waals surface area (Å²) >= 11 is 0. The number of halogens is 3. The van der Waals surface area contributed by atoms with Gasteiger partial charge in [0, 0.05) is 37.4 Å². The fourth-order valence-corrected chi connectivity index (χ4v) is 5.21. The first-order valence-electron chi connectivity index (χ1n) is 11.4. The molecule has 1 spiro atoms. The van der Waals surface area contributed by atoms with Crippen molar-refractivity contribution < 1.29 is 22.7 Å². The van der Waals surface area contributed by atoms with Crippen LogP contribution >= 0.6 is 0 Å². The topological polar surface area (TPSA) is 37.7 Å². The summed E-state index contributed by atoms with van der Waals surface area (Å²) in [6.45, 7) is 1.83. The number of likely N-dealkylation sites (tertiary alicyclic amines) is 1. The number of benzene rings is 2. The van der Waals surface area contributed by atoms with Crippen LogP contribution in [0.15, 0.2) is 66.7 Å². The average molecular weight is 470 g/mol. The zero-order chi connectivity index (χ0) is 23.9. The van der Waals surface area contributed by atoms with E-state index in [-0.39, 0.29) is 5.91 Å². The lowest BCUT2D eigenvalue weighted by Gasteiger charge is -2.50. The molecule has 34 heavy (non-hydrogen) atoms. The Morgan fingerprint density at radius 1 is 0.853 bits per heavy atom. The third kappa shape index (κ3) is 3.96. The van der Waals surface area contributed by atoms with Gasteiger partial charge in [-0.1, -0.05) is 18.2 Å². The first-order chi connectivity index (χ1) is 16.3. The minimum atomic E-state index is -4.37. The first-order valence-corrected chi connectivity index (χ1v) is 11.4. The van der Waals surface area contributed by atoms with Crippen LogP contribution in [-0.2, 0) is 18.3 Å². The van der Waals surface area contributed by atoms with Gasteiger partial charge in [0.2, 0.25) is 0 Å². The molecule has 1 saturated heterocycles. The highest BCUT2D eigenvalue weighted by Gasteiger charge is 2.47. The summed E-state index contributed by atoms with van der Waals surface area (Å²) in [5, 5.41) is 0. The molecule has 5 nitrogen and oxygen atoms in total. The number of rotatable bonds is 3. The number of nitrogens with zero attached hydrogens (tertiary/aromatic N) is 3. The lowest BCUT2D eigenvalue weighted by atomic mass is 9.81. The van der Waals surface area contributed by atoms with Crippen LogP contribution in [-0.4, -0.2) is 47.0 Å². The van der Waals surface area contributed by atoms with Crippen LogP contribution in [0.1, 0.15) is 34.6 Å². The highest BCUT2D eigenvalue weighted by molar-refractivity contribution is 5.94. The number of ether oxygens (including phenoxy) is 1. The average Bonchev–Trinajstić information content (AvgIpc) is 3.29. The predicted octanol–water partition coefficient (Wildman–Crippen LogP) is 5.38. The zero-order valence-corrected chi connectivity index (χ0v) is 18.9. The number of hydrogen-bond acceptors (Lipinski definition) is 3. The summed E-state index contributed by atoms with van der Waals surface area (Å²) < 4.78 is 47.6. The molecule has 1 amide bonds. The summed E-state index contributed by atoms with van der Waals surface area (Å²) in [5.74, 6) is 1.29. The van der Waals surface area contributed by atoms with Crippen molar-refractivity contribution in [1.82, 2.24) is 14.4 Å². The van der Waals surface area contributed by atoms with Crippen molar-refractivity contribution in [3.05, 3.63) is 83.7 Å². The van der Waals surface area contributed by atoms with E-state index < -0.39 is 17.4 Å². The van der Waals surface area contributed by atoms with Gasteiger partial charge in [0.15, 0.2) is 0 Å². The van der Waals surface area contributed by atoms with Crippen molar-refractivity contribution in [2.24, 2.45) is 0 Å². The predicted molar refractivity (Wildman–Crippen MR) is 122 cm³/mol. The molecule has 1 aromatic heterocycles. The highest BCUT2D eigenvalue weighted by Crippen LogP contribution is 2.44. The van der Waals surface area contributed by atoms with E-state index in [1.165, 1.54) is 10.6 Å². The van der Waals surface area contributed by atoms with Gasteiger partial charge in [0.25, 0.3) is 5.91 Å². The van der Waals surface area contributed by atoms with Gasteiger partial charge in [-0.3, -0.25) is 9.69 Å². The van der Waals surface area contributed by atoms with Crippen molar-refractivity contribution in [3.8, 4) is 11.5 Å². The second-order valence-corrected chi connectivity index (χ2v) is 8.94. The van der Waals surface area contributed by atoms with Crippen molar-refractivity contribution in [2.75, 3.05) is 26.7 Å². The van der Waals surface area contributed by atoms with Gasteiger partial charge >= 0.3 is 6.18 Å². The molecule has 2 aromatic carbocycles. The van der Waals surface area contributed by atoms with Gasteiger partial charge in [-0.25, -0.2) is 0 Å². The zero-order valence-electron chi connectivity index (χ0n) is 18.9. The summed E-state index contributed by atoms with van der Waals surface area (Å²) in [6, 6.07) is 19.2. The Labute approximate surface area is 196 Å². The molecule has 0 radical (unpaired) electrons. The van der Waals surface area contributed by atoms with Crippen molar-refractivity contribution >= 4 is 5.91 Å². The van der Waals surface area contributed by atoms with E-state index in [1.54, 1.807) is 35.2 Å². The van der Waals surface area contributed by atoms with E-state index in [2.05, 4.69) is 4.90 Å². The largest absolute Gasteiger partial charge is 0.457 e. The third-order valence-electron chi connectivity index (χ3n) is 7.10. The number of carbonyl (C=O) groups excluding carboxylic acids is 1. The van der Waals surface area contributed by atoms with Gasteiger partial charge < -0.3 is 14.2 Å².